The molecule has 0 aromatic heterocycles. The number of hydrogen-bond acceptors (Lipinski definition) is 1. The van der Waals surface area contributed by atoms with Gasteiger partial charge in [-0.15, -0.1) is 0 Å². The van der Waals surface area contributed by atoms with Crippen LogP contribution in [0.4, 0.5) is 5.69 Å². The maximum Gasteiger partial charge on any atom is 0.321 e. The first-order chi connectivity index (χ1) is 12.9. The fraction of sp³-hybridized carbons (Fsp3) is 0. The molecule has 0 atom stereocenters. The van der Waals surface area contributed by atoms with Gasteiger partial charge in [-0.25, -0.2) is 0 Å². The fourth-order valence-electron chi connectivity index (χ4n) is 4.47. The molecule has 1 nitrogen and oxygen atoms in total. The predicted molar refractivity (Wildman–Crippen MR) is 112 cm³/mol. The fourth-order valence-corrected chi connectivity index (χ4v) is 4.47. The van der Waals surface area contributed by atoms with Crippen molar-refractivity contribution in [1.29, 1.82) is 0 Å². The first-order valence-electron chi connectivity index (χ1n) is 9.08. The summed E-state index contributed by atoms with van der Waals surface area (Å²) in [6, 6.07) is 30.7. The SMILES string of the molecule is C1=c2ccccc2=CN2B1c1ccc3ccccc3c1-c1ccccc12. The van der Waals surface area contributed by atoms with E-state index in [1.54, 1.807) is 0 Å². The molecule has 0 saturated heterocycles. The van der Waals surface area contributed by atoms with E-state index in [1.165, 1.54) is 43.5 Å². The molecule has 4 aromatic carbocycles. The van der Waals surface area contributed by atoms with Crippen molar-refractivity contribution in [2.45, 2.75) is 0 Å². The number of benzene rings is 4. The zero-order valence-electron chi connectivity index (χ0n) is 14.3. The summed E-state index contributed by atoms with van der Waals surface area (Å²) in [6.07, 6.45) is 2.30. The summed E-state index contributed by atoms with van der Waals surface area (Å²) < 4.78 is 0. The van der Waals surface area contributed by atoms with Gasteiger partial charge in [-0.05, 0) is 44.5 Å². The Labute approximate surface area is 152 Å². The van der Waals surface area contributed by atoms with Gasteiger partial charge in [0.25, 0.3) is 0 Å². The summed E-state index contributed by atoms with van der Waals surface area (Å²) in [5.74, 6) is 2.40. The molecule has 26 heavy (non-hydrogen) atoms. The van der Waals surface area contributed by atoms with Crippen LogP contribution in [0, 0.1) is 0 Å². The van der Waals surface area contributed by atoms with E-state index in [1.807, 2.05) is 0 Å². The Kier molecular flexibility index (Phi) is 2.75. The third-order valence-electron chi connectivity index (χ3n) is 5.64. The van der Waals surface area contributed by atoms with Gasteiger partial charge in [0.1, 0.15) is 0 Å². The van der Waals surface area contributed by atoms with Crippen LogP contribution in [0.25, 0.3) is 34.1 Å². The van der Waals surface area contributed by atoms with Gasteiger partial charge in [0, 0.05) is 11.3 Å². The molecule has 2 aliphatic heterocycles. The number of hydrogen-bond donors (Lipinski definition) is 0. The van der Waals surface area contributed by atoms with E-state index in [-0.39, 0.29) is 6.85 Å². The molecule has 2 aliphatic rings. The van der Waals surface area contributed by atoms with Crippen LogP contribution >= 0.6 is 0 Å². The Hall–Kier alpha value is -3.26. The second-order valence-corrected chi connectivity index (χ2v) is 7.04. The van der Waals surface area contributed by atoms with Gasteiger partial charge in [0.2, 0.25) is 0 Å². The van der Waals surface area contributed by atoms with E-state index in [9.17, 15) is 0 Å². The minimum atomic E-state index is 0.236. The van der Waals surface area contributed by atoms with Crippen molar-refractivity contribution >= 4 is 40.9 Å². The molecule has 0 spiro atoms. The van der Waals surface area contributed by atoms with Crippen LogP contribution < -0.4 is 20.7 Å². The number of nitrogens with zero attached hydrogens (tertiary/aromatic N) is 1. The maximum absolute atomic E-state index is 2.43. The molecule has 0 fully saturated rings. The number of para-hydroxylation sites is 1. The topological polar surface area (TPSA) is 3.24 Å². The van der Waals surface area contributed by atoms with Crippen molar-refractivity contribution in [3.8, 4) is 11.1 Å². The molecule has 0 saturated carbocycles. The molecule has 6 rings (SSSR count). The van der Waals surface area contributed by atoms with Crippen LogP contribution in [0.2, 0.25) is 0 Å². The van der Waals surface area contributed by atoms with Gasteiger partial charge in [-0.1, -0.05) is 84.8 Å². The molecular formula is C24H16BN. The molecule has 2 heterocycles. The predicted octanol–water partition coefficient (Wildman–Crippen LogP) is 3.30. The zero-order chi connectivity index (χ0) is 17.1. The van der Waals surface area contributed by atoms with Crippen LogP contribution in [-0.2, 0) is 0 Å². The van der Waals surface area contributed by atoms with Gasteiger partial charge in [-0.2, -0.15) is 0 Å². The molecule has 4 aromatic rings. The lowest BCUT2D eigenvalue weighted by molar-refractivity contribution is 1.39. The summed E-state index contributed by atoms with van der Waals surface area (Å²) in [7, 11) is 0. The summed E-state index contributed by atoms with van der Waals surface area (Å²) in [4.78, 5) is 2.43. The van der Waals surface area contributed by atoms with Gasteiger partial charge in [0.05, 0.1) is 0 Å². The Morgan fingerprint density at radius 3 is 2.38 bits per heavy atom. The average molecular weight is 329 g/mol. The molecular weight excluding hydrogens is 313 g/mol. The Balaban J connectivity index is 1.77. The van der Waals surface area contributed by atoms with Gasteiger partial charge >= 0.3 is 6.85 Å². The van der Waals surface area contributed by atoms with E-state index in [0.717, 1.165) is 0 Å². The molecule has 0 N–H and O–H groups in total. The number of anilines is 1. The highest BCUT2D eigenvalue weighted by Crippen LogP contribution is 2.39. The van der Waals surface area contributed by atoms with Crippen molar-refractivity contribution in [2.75, 3.05) is 4.81 Å². The Morgan fingerprint density at radius 1 is 0.654 bits per heavy atom. The van der Waals surface area contributed by atoms with Crippen LogP contribution in [0.5, 0.6) is 0 Å². The lowest BCUT2D eigenvalue weighted by Gasteiger charge is -2.36. The standard InChI is InChI=1S/C24H16BN/c1-2-9-19-16-26-23-12-6-5-11-21(23)24-20-10-4-3-7-17(20)13-14-22(24)25(26)15-18(19)8-1/h1-16H. The molecule has 0 bridgehead atoms. The summed E-state index contributed by atoms with van der Waals surface area (Å²) >= 11 is 0. The van der Waals surface area contributed by atoms with E-state index in [2.05, 4.69) is 102 Å². The van der Waals surface area contributed by atoms with Gasteiger partial charge in [-0.3, -0.25) is 0 Å². The van der Waals surface area contributed by atoms with Gasteiger partial charge < -0.3 is 4.81 Å². The van der Waals surface area contributed by atoms with Crippen LogP contribution in [0.3, 0.4) is 0 Å². The first-order valence-corrected chi connectivity index (χ1v) is 9.08. The highest BCUT2D eigenvalue weighted by molar-refractivity contribution is 6.91. The largest absolute Gasteiger partial charge is 0.382 e. The third kappa shape index (κ3) is 1.82. The van der Waals surface area contributed by atoms with Crippen molar-refractivity contribution in [1.82, 2.24) is 0 Å². The first kappa shape index (κ1) is 14.0. The molecule has 120 valence electrons. The summed E-state index contributed by atoms with van der Waals surface area (Å²) in [6.45, 7) is 0.236. The summed E-state index contributed by atoms with van der Waals surface area (Å²) in [5.41, 5.74) is 5.36. The minimum absolute atomic E-state index is 0.236. The molecule has 0 aliphatic carbocycles. The van der Waals surface area contributed by atoms with Crippen molar-refractivity contribution in [2.24, 2.45) is 0 Å². The minimum Gasteiger partial charge on any atom is -0.382 e. The average Bonchev–Trinajstić information content (AvgIpc) is 2.72. The highest BCUT2D eigenvalue weighted by Gasteiger charge is 2.34. The van der Waals surface area contributed by atoms with Crippen molar-refractivity contribution in [3.05, 3.63) is 95.4 Å². The van der Waals surface area contributed by atoms with E-state index >= 15 is 0 Å². The van der Waals surface area contributed by atoms with Crippen molar-refractivity contribution < 1.29 is 0 Å². The Bertz CT molecular complexity index is 1310. The normalized spacial score (nSPS) is 13.8. The van der Waals surface area contributed by atoms with Crippen LogP contribution in [0.1, 0.15) is 0 Å². The quantitative estimate of drug-likeness (QED) is 0.448. The lowest BCUT2D eigenvalue weighted by atomic mass is 9.49. The van der Waals surface area contributed by atoms with Gasteiger partial charge in [0.15, 0.2) is 0 Å². The van der Waals surface area contributed by atoms with E-state index in [4.69, 9.17) is 0 Å². The second kappa shape index (κ2) is 5.12. The molecule has 2 heteroatoms. The van der Waals surface area contributed by atoms with E-state index in [0.29, 0.717) is 0 Å². The molecule has 0 unspecified atom stereocenters. The lowest BCUT2D eigenvalue weighted by Crippen LogP contribution is -2.53. The molecule has 0 amide bonds. The molecule has 0 radical (unpaired) electrons. The number of fused-ring (bicyclic) bond motifs is 9. The maximum atomic E-state index is 2.43. The number of rotatable bonds is 0. The van der Waals surface area contributed by atoms with Crippen LogP contribution in [0.15, 0.2) is 84.9 Å². The zero-order valence-corrected chi connectivity index (χ0v) is 14.3. The highest BCUT2D eigenvalue weighted by atomic mass is 15.1. The van der Waals surface area contributed by atoms with E-state index < -0.39 is 0 Å². The smallest absolute Gasteiger partial charge is 0.321 e. The second-order valence-electron chi connectivity index (χ2n) is 7.04. The third-order valence-corrected chi connectivity index (χ3v) is 5.64. The van der Waals surface area contributed by atoms with Crippen LogP contribution in [-0.4, -0.2) is 6.85 Å². The summed E-state index contributed by atoms with van der Waals surface area (Å²) in [5, 5.41) is 5.23. The van der Waals surface area contributed by atoms with Crippen molar-refractivity contribution in [3.63, 3.8) is 0 Å². The Morgan fingerprint density at radius 2 is 1.42 bits per heavy atom. The monoisotopic (exact) mass is 329 g/mol.